The van der Waals surface area contributed by atoms with E-state index in [1.807, 2.05) is 19.4 Å². The SMILES string of the molecule is CCC[C@@H](C)Nc1nc(N)c2ncc(Cc3cnc(N4CCC(CNC)CC4)c(C)c3)n2n1. The molecule has 0 radical (unpaired) electrons. The molecule has 0 bridgehead atoms. The smallest absolute Gasteiger partial charge is 0.243 e. The highest BCUT2D eigenvalue weighted by atomic mass is 15.3. The highest BCUT2D eigenvalue weighted by Crippen LogP contribution is 2.25. The van der Waals surface area contributed by atoms with Crippen molar-refractivity contribution in [2.45, 2.75) is 58.9 Å². The Bertz CT molecular complexity index is 1070. The first kappa shape index (κ1) is 23.2. The minimum atomic E-state index is 0.279. The molecule has 1 fully saturated rings. The maximum absolute atomic E-state index is 6.17. The maximum Gasteiger partial charge on any atom is 0.243 e. The number of piperidine rings is 1. The Labute approximate surface area is 196 Å². The molecule has 1 aliphatic heterocycles. The summed E-state index contributed by atoms with van der Waals surface area (Å²) in [6.07, 6.45) is 9.05. The van der Waals surface area contributed by atoms with Gasteiger partial charge in [0.25, 0.3) is 0 Å². The van der Waals surface area contributed by atoms with E-state index in [0.717, 1.165) is 55.5 Å². The van der Waals surface area contributed by atoms with Gasteiger partial charge in [0.1, 0.15) is 5.82 Å². The molecule has 4 N–H and O–H groups in total. The molecule has 4 heterocycles. The van der Waals surface area contributed by atoms with E-state index in [-0.39, 0.29) is 6.04 Å². The van der Waals surface area contributed by atoms with Crippen molar-refractivity contribution in [3.05, 3.63) is 35.3 Å². The average Bonchev–Trinajstić information content (AvgIpc) is 3.18. The van der Waals surface area contributed by atoms with Crippen LogP contribution in [0.25, 0.3) is 5.65 Å². The second-order valence-corrected chi connectivity index (χ2v) is 9.29. The van der Waals surface area contributed by atoms with Crippen LogP contribution in [0.15, 0.2) is 18.5 Å². The number of rotatable bonds is 9. The summed E-state index contributed by atoms with van der Waals surface area (Å²) < 4.78 is 1.80. The van der Waals surface area contributed by atoms with Gasteiger partial charge in [0.15, 0.2) is 11.5 Å². The van der Waals surface area contributed by atoms with E-state index >= 15 is 0 Å². The molecule has 1 saturated heterocycles. The molecule has 3 aromatic heterocycles. The zero-order valence-corrected chi connectivity index (χ0v) is 20.3. The number of nitrogens with two attached hydrogens (primary N) is 1. The first-order valence-electron chi connectivity index (χ1n) is 12.1. The molecule has 0 unspecified atom stereocenters. The van der Waals surface area contributed by atoms with Crippen LogP contribution < -0.4 is 21.3 Å². The third-order valence-electron chi connectivity index (χ3n) is 6.46. The van der Waals surface area contributed by atoms with Crippen LogP contribution in [0.5, 0.6) is 0 Å². The third-order valence-corrected chi connectivity index (χ3v) is 6.46. The van der Waals surface area contributed by atoms with Crippen molar-refractivity contribution in [3.63, 3.8) is 0 Å². The van der Waals surface area contributed by atoms with Crippen LogP contribution in [-0.2, 0) is 6.42 Å². The predicted octanol–water partition coefficient (Wildman–Crippen LogP) is 3.04. The van der Waals surface area contributed by atoms with Gasteiger partial charge in [-0.05, 0) is 63.7 Å². The van der Waals surface area contributed by atoms with Crippen LogP contribution in [0.3, 0.4) is 0 Å². The van der Waals surface area contributed by atoms with E-state index in [9.17, 15) is 0 Å². The molecule has 0 spiro atoms. The Morgan fingerprint density at radius 2 is 2.00 bits per heavy atom. The van der Waals surface area contributed by atoms with Crippen LogP contribution in [-0.4, -0.2) is 57.3 Å². The zero-order chi connectivity index (χ0) is 23.4. The Morgan fingerprint density at radius 1 is 1.21 bits per heavy atom. The number of nitrogens with zero attached hydrogens (tertiary/aromatic N) is 6. The topological polar surface area (TPSA) is 109 Å². The summed E-state index contributed by atoms with van der Waals surface area (Å²) in [6.45, 7) is 9.67. The largest absolute Gasteiger partial charge is 0.380 e. The van der Waals surface area contributed by atoms with Gasteiger partial charge in [-0.1, -0.05) is 19.4 Å². The average molecular weight is 452 g/mol. The number of fused-ring (bicyclic) bond motifs is 1. The van der Waals surface area contributed by atoms with E-state index in [4.69, 9.17) is 10.7 Å². The summed E-state index contributed by atoms with van der Waals surface area (Å²) in [5, 5.41) is 11.3. The van der Waals surface area contributed by atoms with E-state index < -0.39 is 0 Å². The number of aromatic nitrogens is 5. The molecule has 1 aliphatic rings. The molecule has 9 heteroatoms. The van der Waals surface area contributed by atoms with Crippen LogP contribution in [0.4, 0.5) is 17.6 Å². The normalized spacial score (nSPS) is 15.8. The lowest BCUT2D eigenvalue weighted by Crippen LogP contribution is -2.37. The third kappa shape index (κ3) is 5.35. The van der Waals surface area contributed by atoms with E-state index in [0.29, 0.717) is 23.8 Å². The lowest BCUT2D eigenvalue weighted by Gasteiger charge is -2.33. The lowest BCUT2D eigenvalue weighted by atomic mass is 9.96. The van der Waals surface area contributed by atoms with Crippen molar-refractivity contribution in [2.24, 2.45) is 5.92 Å². The molecule has 1 atom stereocenters. The van der Waals surface area contributed by atoms with Crippen LogP contribution in [0.2, 0.25) is 0 Å². The molecule has 4 rings (SSSR count). The molecule has 3 aromatic rings. The number of nitrogen functional groups attached to an aromatic ring is 1. The van der Waals surface area contributed by atoms with Crippen LogP contribution >= 0.6 is 0 Å². The Kier molecular flexibility index (Phi) is 7.27. The van der Waals surface area contributed by atoms with Gasteiger partial charge in [0.05, 0.1) is 11.9 Å². The second-order valence-electron chi connectivity index (χ2n) is 9.29. The van der Waals surface area contributed by atoms with Gasteiger partial charge < -0.3 is 21.3 Å². The number of anilines is 3. The van der Waals surface area contributed by atoms with Gasteiger partial charge >= 0.3 is 0 Å². The molecular weight excluding hydrogens is 414 g/mol. The summed E-state index contributed by atoms with van der Waals surface area (Å²) >= 11 is 0. The lowest BCUT2D eigenvalue weighted by molar-refractivity contribution is 0.392. The van der Waals surface area contributed by atoms with Crippen molar-refractivity contribution in [3.8, 4) is 0 Å². The van der Waals surface area contributed by atoms with Crippen molar-refractivity contribution < 1.29 is 0 Å². The minimum absolute atomic E-state index is 0.279. The second kappa shape index (κ2) is 10.3. The van der Waals surface area contributed by atoms with Gasteiger partial charge in [0, 0.05) is 31.7 Å². The maximum atomic E-state index is 6.17. The van der Waals surface area contributed by atoms with Gasteiger partial charge in [-0.3, -0.25) is 0 Å². The van der Waals surface area contributed by atoms with Gasteiger partial charge in [0.2, 0.25) is 5.95 Å². The standard InChI is InChI=1S/C24H37N9/c1-5-6-17(3)29-24-30-21(25)23-28-15-20(33(23)31-24)12-19-11-16(2)22(27-14-19)32-9-7-18(8-10-32)13-26-4/h11,14-15,17-18,26H,5-10,12-13H2,1-4H3,(H3,25,29,30,31)/t17-/m1/s1. The molecule has 0 aliphatic carbocycles. The fraction of sp³-hybridized carbons (Fsp3) is 0.583. The summed E-state index contributed by atoms with van der Waals surface area (Å²) in [4.78, 5) is 16.1. The molecule has 0 saturated carbocycles. The molecule has 0 aromatic carbocycles. The minimum Gasteiger partial charge on any atom is -0.380 e. The highest BCUT2D eigenvalue weighted by molar-refractivity contribution is 5.61. The highest BCUT2D eigenvalue weighted by Gasteiger charge is 2.21. The van der Waals surface area contributed by atoms with E-state index in [2.05, 4.69) is 57.4 Å². The van der Waals surface area contributed by atoms with Crippen LogP contribution in [0.1, 0.15) is 56.4 Å². The van der Waals surface area contributed by atoms with Gasteiger partial charge in [-0.2, -0.15) is 4.98 Å². The number of aryl methyl sites for hydroxylation is 1. The van der Waals surface area contributed by atoms with Gasteiger partial charge in [-0.25, -0.2) is 14.5 Å². The Hall–Kier alpha value is -2.94. The van der Waals surface area contributed by atoms with E-state index in [1.165, 1.54) is 18.4 Å². The fourth-order valence-corrected chi connectivity index (χ4v) is 4.76. The molecule has 178 valence electrons. The van der Waals surface area contributed by atoms with Crippen molar-refractivity contribution in [1.82, 2.24) is 29.9 Å². The Morgan fingerprint density at radius 3 is 2.70 bits per heavy atom. The van der Waals surface area contributed by atoms with Crippen molar-refractivity contribution in [2.75, 3.05) is 42.6 Å². The fourth-order valence-electron chi connectivity index (χ4n) is 4.76. The van der Waals surface area contributed by atoms with Crippen LogP contribution in [0, 0.1) is 12.8 Å². The summed E-state index contributed by atoms with van der Waals surface area (Å²) in [7, 11) is 2.03. The monoisotopic (exact) mass is 451 g/mol. The molecule has 33 heavy (non-hydrogen) atoms. The summed E-state index contributed by atoms with van der Waals surface area (Å²) in [5.41, 5.74) is 10.1. The summed E-state index contributed by atoms with van der Waals surface area (Å²) in [5.74, 6) is 2.78. The number of imidazole rings is 1. The zero-order valence-electron chi connectivity index (χ0n) is 20.3. The van der Waals surface area contributed by atoms with Crippen molar-refractivity contribution in [1.29, 1.82) is 0 Å². The van der Waals surface area contributed by atoms with Gasteiger partial charge in [-0.15, -0.1) is 5.10 Å². The first-order valence-corrected chi connectivity index (χ1v) is 12.1. The Balaban J connectivity index is 1.50. The van der Waals surface area contributed by atoms with E-state index in [1.54, 1.807) is 4.52 Å². The number of nitrogens with one attached hydrogen (secondary N) is 2. The quantitative estimate of drug-likeness (QED) is 0.455. The molecular formula is C24H37N9. The molecule has 9 nitrogen and oxygen atoms in total. The van der Waals surface area contributed by atoms with Crippen molar-refractivity contribution >= 4 is 23.2 Å². The predicted molar refractivity (Wildman–Crippen MR) is 134 cm³/mol. The number of hydrogen-bond donors (Lipinski definition) is 3. The first-order chi connectivity index (χ1) is 16.0. The number of pyridine rings is 1. The molecule has 0 amide bonds. The number of hydrogen-bond acceptors (Lipinski definition) is 8. The summed E-state index contributed by atoms with van der Waals surface area (Å²) in [6, 6.07) is 2.51.